The van der Waals surface area contributed by atoms with Crippen LogP contribution in [0.1, 0.15) is 38.2 Å². The molecule has 4 nitrogen and oxygen atoms in total. The number of halogens is 1. The van der Waals surface area contributed by atoms with Gasteiger partial charge in [-0.3, -0.25) is 9.78 Å². The molecular formula is C13H20ClN3O. The van der Waals surface area contributed by atoms with E-state index < -0.39 is 0 Å². The number of hydrogen-bond acceptors (Lipinski definition) is 3. The predicted octanol–water partition coefficient (Wildman–Crippen LogP) is 2.88. The van der Waals surface area contributed by atoms with E-state index in [4.69, 9.17) is 11.6 Å². The van der Waals surface area contributed by atoms with Gasteiger partial charge < -0.3 is 4.90 Å². The van der Waals surface area contributed by atoms with Crippen LogP contribution in [0.15, 0.2) is 12.4 Å². The average Bonchev–Trinajstić information content (AvgIpc) is 2.26. The molecule has 0 aliphatic heterocycles. The summed E-state index contributed by atoms with van der Waals surface area (Å²) in [4.78, 5) is 22.1. The van der Waals surface area contributed by atoms with Crippen molar-refractivity contribution in [1.82, 2.24) is 14.9 Å². The van der Waals surface area contributed by atoms with Crippen molar-refractivity contribution < 1.29 is 4.79 Å². The predicted molar refractivity (Wildman–Crippen MR) is 72.6 cm³/mol. The Bertz CT molecular complexity index is 397. The molecule has 1 aromatic rings. The highest BCUT2D eigenvalue weighted by atomic mass is 35.5. The molecule has 100 valence electrons. The molecule has 18 heavy (non-hydrogen) atoms. The van der Waals surface area contributed by atoms with Gasteiger partial charge in [-0.15, -0.1) is 0 Å². The third kappa shape index (κ3) is 4.61. The second kappa shape index (κ2) is 6.69. The minimum atomic E-state index is -0.104. The van der Waals surface area contributed by atoms with Crippen LogP contribution in [0.3, 0.4) is 0 Å². The summed E-state index contributed by atoms with van der Waals surface area (Å²) in [7, 11) is 0. The maximum Gasteiger partial charge on any atom is 0.274 e. The van der Waals surface area contributed by atoms with Crippen molar-refractivity contribution in [3.63, 3.8) is 0 Å². The molecule has 1 aromatic heterocycles. The van der Waals surface area contributed by atoms with Gasteiger partial charge in [-0.2, -0.15) is 0 Å². The van der Waals surface area contributed by atoms with E-state index in [2.05, 4.69) is 37.7 Å². The summed E-state index contributed by atoms with van der Waals surface area (Å²) in [5.74, 6) is 0.729. The minimum Gasteiger partial charge on any atom is -0.337 e. The van der Waals surface area contributed by atoms with Gasteiger partial charge in [0.1, 0.15) is 10.8 Å². The molecule has 0 fully saturated rings. The maximum atomic E-state index is 12.3. The fourth-order valence-corrected chi connectivity index (χ4v) is 1.88. The average molecular weight is 270 g/mol. The molecule has 0 aliphatic rings. The normalized spacial score (nSPS) is 11.1. The quantitative estimate of drug-likeness (QED) is 0.826. The van der Waals surface area contributed by atoms with Crippen molar-refractivity contribution in [1.29, 1.82) is 0 Å². The molecule has 1 rings (SSSR count). The molecule has 1 amide bonds. The Morgan fingerprint density at radius 2 is 1.78 bits per heavy atom. The van der Waals surface area contributed by atoms with E-state index in [9.17, 15) is 4.79 Å². The fourth-order valence-electron chi connectivity index (χ4n) is 1.73. The van der Waals surface area contributed by atoms with Crippen LogP contribution >= 0.6 is 11.6 Å². The second-order valence-electron chi connectivity index (χ2n) is 5.22. The third-order valence-electron chi connectivity index (χ3n) is 2.28. The lowest BCUT2D eigenvalue weighted by molar-refractivity contribution is 0.0708. The van der Waals surface area contributed by atoms with Crippen LogP contribution in [0, 0.1) is 11.8 Å². The van der Waals surface area contributed by atoms with Crippen LogP contribution in [0.5, 0.6) is 0 Å². The van der Waals surface area contributed by atoms with E-state index in [1.165, 1.54) is 12.4 Å². The first-order chi connectivity index (χ1) is 8.40. The molecule has 0 bridgehead atoms. The van der Waals surface area contributed by atoms with Crippen LogP contribution in [-0.2, 0) is 0 Å². The van der Waals surface area contributed by atoms with E-state index in [-0.39, 0.29) is 11.1 Å². The SMILES string of the molecule is CC(C)CN(CC(C)C)C(=O)c1cncc(Cl)n1. The van der Waals surface area contributed by atoms with Gasteiger partial charge in [0.05, 0.1) is 12.4 Å². The molecule has 0 unspecified atom stereocenters. The Morgan fingerprint density at radius 3 is 2.22 bits per heavy atom. The lowest BCUT2D eigenvalue weighted by Gasteiger charge is -2.25. The van der Waals surface area contributed by atoms with Gasteiger partial charge in [0.2, 0.25) is 0 Å². The maximum absolute atomic E-state index is 12.3. The van der Waals surface area contributed by atoms with Gasteiger partial charge >= 0.3 is 0 Å². The van der Waals surface area contributed by atoms with Crippen LogP contribution < -0.4 is 0 Å². The molecule has 0 aromatic carbocycles. The van der Waals surface area contributed by atoms with E-state index >= 15 is 0 Å². The fraction of sp³-hybridized carbons (Fsp3) is 0.615. The molecule has 1 heterocycles. The zero-order chi connectivity index (χ0) is 13.7. The molecule has 0 atom stereocenters. The van der Waals surface area contributed by atoms with Crippen LogP contribution in [0.25, 0.3) is 0 Å². The van der Waals surface area contributed by atoms with Crippen molar-refractivity contribution in [3.8, 4) is 0 Å². The number of nitrogens with zero attached hydrogens (tertiary/aromatic N) is 3. The van der Waals surface area contributed by atoms with E-state index in [1.807, 2.05) is 4.90 Å². The summed E-state index contributed by atoms with van der Waals surface area (Å²) in [5, 5.41) is 0.245. The molecule has 0 aliphatic carbocycles. The highest BCUT2D eigenvalue weighted by Gasteiger charge is 2.19. The van der Waals surface area contributed by atoms with Crippen LogP contribution in [0.2, 0.25) is 5.15 Å². The molecule has 0 spiro atoms. The Labute approximate surface area is 113 Å². The molecule has 5 heteroatoms. The van der Waals surface area contributed by atoms with E-state index in [0.29, 0.717) is 30.6 Å². The number of carbonyl (C=O) groups excluding carboxylic acids is 1. The standard InChI is InChI=1S/C13H20ClN3O/c1-9(2)7-17(8-10(3)4)13(18)11-5-15-6-12(14)16-11/h5-6,9-10H,7-8H2,1-4H3. The van der Waals surface area contributed by atoms with Crippen LogP contribution in [0.4, 0.5) is 0 Å². The zero-order valence-corrected chi connectivity index (χ0v) is 12.1. The number of carbonyl (C=O) groups is 1. The van der Waals surface area contributed by atoms with Gasteiger partial charge in [0, 0.05) is 13.1 Å². The Kier molecular flexibility index (Phi) is 5.54. The second-order valence-corrected chi connectivity index (χ2v) is 5.61. The van der Waals surface area contributed by atoms with Gasteiger partial charge in [0.25, 0.3) is 5.91 Å². The first kappa shape index (κ1) is 14.9. The van der Waals surface area contributed by atoms with E-state index in [0.717, 1.165) is 0 Å². The number of rotatable bonds is 5. The third-order valence-corrected chi connectivity index (χ3v) is 2.46. The number of amides is 1. The van der Waals surface area contributed by atoms with E-state index in [1.54, 1.807) is 0 Å². The molecule has 0 radical (unpaired) electrons. The lowest BCUT2D eigenvalue weighted by Crippen LogP contribution is -2.37. The molecule has 0 N–H and O–H groups in total. The summed E-state index contributed by atoms with van der Waals surface area (Å²) in [6.07, 6.45) is 2.88. The molecule has 0 saturated heterocycles. The Morgan fingerprint density at radius 1 is 1.22 bits per heavy atom. The molecule has 0 saturated carbocycles. The largest absolute Gasteiger partial charge is 0.337 e. The zero-order valence-electron chi connectivity index (χ0n) is 11.4. The Balaban J connectivity index is 2.87. The van der Waals surface area contributed by atoms with Crippen molar-refractivity contribution in [2.24, 2.45) is 11.8 Å². The summed E-state index contributed by atoms with van der Waals surface area (Å²) >= 11 is 5.76. The smallest absolute Gasteiger partial charge is 0.274 e. The Hall–Kier alpha value is -1.16. The van der Waals surface area contributed by atoms with Gasteiger partial charge in [-0.1, -0.05) is 39.3 Å². The van der Waals surface area contributed by atoms with Crippen molar-refractivity contribution in [2.75, 3.05) is 13.1 Å². The lowest BCUT2D eigenvalue weighted by atomic mass is 10.1. The summed E-state index contributed by atoms with van der Waals surface area (Å²) in [6, 6.07) is 0. The van der Waals surface area contributed by atoms with Crippen LogP contribution in [-0.4, -0.2) is 33.9 Å². The summed E-state index contributed by atoms with van der Waals surface area (Å²) in [5.41, 5.74) is 0.309. The number of hydrogen-bond donors (Lipinski definition) is 0. The van der Waals surface area contributed by atoms with Crippen molar-refractivity contribution in [3.05, 3.63) is 23.2 Å². The summed E-state index contributed by atoms with van der Waals surface area (Å²) in [6.45, 7) is 9.78. The highest BCUT2D eigenvalue weighted by molar-refractivity contribution is 6.29. The number of aromatic nitrogens is 2. The molecular weight excluding hydrogens is 250 g/mol. The first-order valence-corrected chi connectivity index (χ1v) is 6.54. The monoisotopic (exact) mass is 269 g/mol. The first-order valence-electron chi connectivity index (χ1n) is 6.17. The topological polar surface area (TPSA) is 46.1 Å². The van der Waals surface area contributed by atoms with Gasteiger partial charge in [-0.25, -0.2) is 4.98 Å². The van der Waals surface area contributed by atoms with Gasteiger partial charge in [-0.05, 0) is 11.8 Å². The van der Waals surface area contributed by atoms with Crippen molar-refractivity contribution >= 4 is 17.5 Å². The van der Waals surface area contributed by atoms with Crippen molar-refractivity contribution in [2.45, 2.75) is 27.7 Å². The van der Waals surface area contributed by atoms with Gasteiger partial charge in [0.15, 0.2) is 0 Å². The minimum absolute atomic E-state index is 0.104. The highest BCUT2D eigenvalue weighted by Crippen LogP contribution is 2.10. The summed E-state index contributed by atoms with van der Waals surface area (Å²) < 4.78 is 0.